The number of H-pyrrole nitrogens is 1. The molecule has 2 aromatic carbocycles. The standard InChI is InChI=1S/C23H28N6O.HI/c1-16-7-8-20(17(2)11-16)21-14-29(9-10-30-21)23(24-3)25-13-18-5-4-6-19(12-18)22-26-15-27-28-22;/h4-8,11-12,15,21H,9-10,13-14H2,1-3H3,(H,24,25)(H,26,27,28);1H. The number of guanidine groups is 1. The summed E-state index contributed by atoms with van der Waals surface area (Å²) in [5.74, 6) is 1.66. The van der Waals surface area contributed by atoms with Crippen molar-refractivity contribution >= 4 is 29.9 Å². The summed E-state index contributed by atoms with van der Waals surface area (Å²) >= 11 is 0. The third-order valence-electron chi connectivity index (χ3n) is 5.42. The first-order valence-electron chi connectivity index (χ1n) is 10.2. The van der Waals surface area contributed by atoms with Crippen molar-refractivity contribution in [3.63, 3.8) is 0 Å². The Morgan fingerprint density at radius 2 is 2.13 bits per heavy atom. The number of rotatable bonds is 4. The van der Waals surface area contributed by atoms with Crippen LogP contribution in [0.2, 0.25) is 0 Å². The van der Waals surface area contributed by atoms with Gasteiger partial charge in [0.2, 0.25) is 0 Å². The van der Waals surface area contributed by atoms with Crippen LogP contribution in [0.25, 0.3) is 11.4 Å². The molecule has 2 N–H and O–H groups in total. The van der Waals surface area contributed by atoms with E-state index >= 15 is 0 Å². The van der Waals surface area contributed by atoms with Crippen LogP contribution in [0.15, 0.2) is 53.8 Å². The highest BCUT2D eigenvalue weighted by Gasteiger charge is 2.25. The summed E-state index contributed by atoms with van der Waals surface area (Å²) in [7, 11) is 1.83. The normalized spacial score (nSPS) is 16.7. The van der Waals surface area contributed by atoms with Gasteiger partial charge in [0, 0.05) is 25.7 Å². The van der Waals surface area contributed by atoms with Gasteiger partial charge in [-0.15, -0.1) is 24.0 Å². The van der Waals surface area contributed by atoms with Gasteiger partial charge in [0.15, 0.2) is 11.8 Å². The van der Waals surface area contributed by atoms with Gasteiger partial charge in [-0.1, -0.05) is 42.0 Å². The second kappa shape index (κ2) is 10.7. The molecule has 1 fully saturated rings. The van der Waals surface area contributed by atoms with Crippen molar-refractivity contribution in [2.45, 2.75) is 26.5 Å². The molecule has 4 rings (SSSR count). The highest BCUT2D eigenvalue weighted by Crippen LogP contribution is 2.26. The highest BCUT2D eigenvalue weighted by atomic mass is 127. The van der Waals surface area contributed by atoms with E-state index in [-0.39, 0.29) is 30.1 Å². The molecule has 1 unspecified atom stereocenters. The molecule has 7 nitrogen and oxygen atoms in total. The number of hydrogen-bond donors (Lipinski definition) is 2. The van der Waals surface area contributed by atoms with E-state index in [0.29, 0.717) is 13.2 Å². The summed E-state index contributed by atoms with van der Waals surface area (Å²) in [6, 6.07) is 14.8. The number of aromatic nitrogens is 3. The lowest BCUT2D eigenvalue weighted by Gasteiger charge is -2.36. The van der Waals surface area contributed by atoms with Gasteiger partial charge in [-0.25, -0.2) is 4.98 Å². The quantitative estimate of drug-likeness (QED) is 0.303. The van der Waals surface area contributed by atoms with Crippen LogP contribution in [-0.4, -0.2) is 52.8 Å². The Morgan fingerprint density at radius 1 is 1.26 bits per heavy atom. The number of morpholine rings is 1. The number of aliphatic imine (C=N–C) groups is 1. The Kier molecular flexibility index (Phi) is 8.03. The predicted molar refractivity (Wildman–Crippen MR) is 134 cm³/mol. The molecular weight excluding hydrogens is 503 g/mol. The molecule has 1 aliphatic heterocycles. The minimum absolute atomic E-state index is 0. The Morgan fingerprint density at radius 3 is 2.87 bits per heavy atom. The summed E-state index contributed by atoms with van der Waals surface area (Å²) < 4.78 is 6.09. The van der Waals surface area contributed by atoms with Gasteiger partial charge in [0.25, 0.3) is 0 Å². The zero-order valence-electron chi connectivity index (χ0n) is 18.1. The van der Waals surface area contributed by atoms with Gasteiger partial charge >= 0.3 is 0 Å². The smallest absolute Gasteiger partial charge is 0.194 e. The minimum atomic E-state index is 0. The van der Waals surface area contributed by atoms with Gasteiger partial charge in [-0.05, 0) is 36.6 Å². The van der Waals surface area contributed by atoms with Crippen LogP contribution < -0.4 is 5.32 Å². The Labute approximate surface area is 200 Å². The lowest BCUT2D eigenvalue weighted by molar-refractivity contribution is -0.00834. The molecule has 0 amide bonds. The Balaban J connectivity index is 0.00000272. The van der Waals surface area contributed by atoms with Crippen molar-refractivity contribution < 1.29 is 4.74 Å². The number of ether oxygens (including phenoxy) is 1. The summed E-state index contributed by atoms with van der Waals surface area (Å²) in [5.41, 5.74) is 5.97. The summed E-state index contributed by atoms with van der Waals surface area (Å²) in [5, 5.41) is 10.3. The number of benzene rings is 2. The van der Waals surface area contributed by atoms with E-state index in [2.05, 4.69) is 74.6 Å². The number of nitrogens with zero attached hydrogens (tertiary/aromatic N) is 4. The molecular formula is C23H29IN6O. The van der Waals surface area contributed by atoms with E-state index in [1.165, 1.54) is 23.0 Å². The lowest BCUT2D eigenvalue weighted by atomic mass is 10.00. The van der Waals surface area contributed by atoms with Crippen molar-refractivity contribution in [2.75, 3.05) is 26.7 Å². The van der Waals surface area contributed by atoms with Crippen molar-refractivity contribution in [1.29, 1.82) is 0 Å². The Hall–Kier alpha value is -2.46. The zero-order chi connectivity index (χ0) is 20.9. The largest absolute Gasteiger partial charge is 0.370 e. The third-order valence-corrected chi connectivity index (χ3v) is 5.42. The minimum Gasteiger partial charge on any atom is -0.370 e. The average molecular weight is 532 g/mol. The van der Waals surface area contributed by atoms with Crippen LogP contribution in [-0.2, 0) is 11.3 Å². The van der Waals surface area contributed by atoms with Crippen LogP contribution >= 0.6 is 24.0 Å². The molecule has 1 aliphatic rings. The molecule has 0 radical (unpaired) electrons. The second-order valence-corrected chi connectivity index (χ2v) is 7.60. The molecule has 164 valence electrons. The molecule has 0 aliphatic carbocycles. The fourth-order valence-electron chi connectivity index (χ4n) is 3.90. The van der Waals surface area contributed by atoms with Crippen molar-refractivity contribution in [1.82, 2.24) is 25.4 Å². The first-order chi connectivity index (χ1) is 14.6. The molecule has 0 spiro atoms. The van der Waals surface area contributed by atoms with E-state index in [4.69, 9.17) is 4.74 Å². The fraction of sp³-hybridized carbons (Fsp3) is 0.348. The van der Waals surface area contributed by atoms with Gasteiger partial charge in [0.1, 0.15) is 12.4 Å². The Bertz CT molecular complexity index is 1020. The van der Waals surface area contributed by atoms with E-state index < -0.39 is 0 Å². The van der Waals surface area contributed by atoms with Gasteiger partial charge in [-0.2, -0.15) is 5.10 Å². The molecule has 1 aromatic heterocycles. The van der Waals surface area contributed by atoms with Crippen LogP contribution in [0, 0.1) is 13.8 Å². The molecule has 0 bridgehead atoms. The lowest BCUT2D eigenvalue weighted by Crippen LogP contribution is -2.48. The second-order valence-electron chi connectivity index (χ2n) is 7.60. The van der Waals surface area contributed by atoms with E-state index in [1.807, 2.05) is 19.2 Å². The number of hydrogen-bond acceptors (Lipinski definition) is 4. The van der Waals surface area contributed by atoms with E-state index in [9.17, 15) is 0 Å². The number of nitrogens with one attached hydrogen (secondary N) is 2. The average Bonchev–Trinajstić information content (AvgIpc) is 3.30. The summed E-state index contributed by atoms with van der Waals surface area (Å²) in [6.45, 7) is 7.23. The number of aryl methyl sites for hydroxylation is 2. The first-order valence-corrected chi connectivity index (χ1v) is 10.2. The molecule has 3 aromatic rings. The van der Waals surface area contributed by atoms with E-state index in [1.54, 1.807) is 0 Å². The molecule has 2 heterocycles. The maximum absolute atomic E-state index is 6.09. The number of aromatic amines is 1. The molecule has 1 saturated heterocycles. The van der Waals surface area contributed by atoms with Crippen LogP contribution in [0.1, 0.15) is 28.4 Å². The van der Waals surface area contributed by atoms with Crippen molar-refractivity contribution in [3.8, 4) is 11.4 Å². The number of halogens is 1. The zero-order valence-corrected chi connectivity index (χ0v) is 20.5. The van der Waals surface area contributed by atoms with E-state index in [0.717, 1.165) is 36.0 Å². The summed E-state index contributed by atoms with van der Waals surface area (Å²) in [4.78, 5) is 11.0. The van der Waals surface area contributed by atoms with Crippen LogP contribution in [0.4, 0.5) is 0 Å². The van der Waals surface area contributed by atoms with Gasteiger partial charge < -0.3 is 15.0 Å². The first kappa shape index (κ1) is 23.2. The maximum atomic E-state index is 6.09. The summed E-state index contributed by atoms with van der Waals surface area (Å²) in [6.07, 6.45) is 1.57. The van der Waals surface area contributed by atoms with Gasteiger partial charge in [0.05, 0.1) is 13.2 Å². The fourth-order valence-corrected chi connectivity index (χ4v) is 3.90. The highest BCUT2D eigenvalue weighted by molar-refractivity contribution is 14.0. The SMILES string of the molecule is CN=C(NCc1cccc(-c2ncn[nH]2)c1)N1CCOC(c2ccc(C)cc2C)C1.I. The third kappa shape index (κ3) is 5.62. The maximum Gasteiger partial charge on any atom is 0.194 e. The predicted octanol–water partition coefficient (Wildman–Crippen LogP) is 3.86. The molecule has 31 heavy (non-hydrogen) atoms. The molecule has 8 heteroatoms. The monoisotopic (exact) mass is 532 g/mol. The van der Waals surface area contributed by atoms with Crippen molar-refractivity contribution in [2.24, 2.45) is 4.99 Å². The van der Waals surface area contributed by atoms with Crippen molar-refractivity contribution in [3.05, 3.63) is 71.0 Å². The van der Waals surface area contributed by atoms with Crippen LogP contribution in [0.3, 0.4) is 0 Å². The topological polar surface area (TPSA) is 78.4 Å². The molecule has 1 atom stereocenters. The van der Waals surface area contributed by atoms with Crippen LogP contribution in [0.5, 0.6) is 0 Å². The molecule has 0 saturated carbocycles. The van der Waals surface area contributed by atoms with Gasteiger partial charge in [-0.3, -0.25) is 10.1 Å².